The maximum atomic E-state index is 13.8. The molecule has 0 bridgehead atoms. The predicted molar refractivity (Wildman–Crippen MR) is 149 cm³/mol. The van der Waals surface area contributed by atoms with Crippen LogP contribution in [0.3, 0.4) is 0 Å². The number of halogens is 3. The standard InChI is InChI=1S/C28H29F3N4O8S/c29-28(30,31)13-7-6-11-21(26(37)35-15-19(14-22(35)27(38)39)43-18-8-2-1-3-9-18)34-16-24(32-17-34)33-25(36)20-10-4-5-12-23(20)44(40,41)42/h1-5,8-10,12,16-17,19,21-22H,6-7,11,13-15H2,(H,33,36)(H,38,39)(H,40,41,42)/t19?,21?,22-/m0/s1. The molecule has 0 saturated carbocycles. The van der Waals surface area contributed by atoms with Crippen LogP contribution in [0, 0.1) is 0 Å². The first-order valence-corrected chi connectivity index (χ1v) is 14.9. The van der Waals surface area contributed by atoms with Crippen molar-refractivity contribution in [3.63, 3.8) is 0 Å². The number of benzene rings is 2. The minimum Gasteiger partial charge on any atom is -0.488 e. The van der Waals surface area contributed by atoms with E-state index in [9.17, 15) is 45.6 Å². The zero-order chi connectivity index (χ0) is 32.1. The van der Waals surface area contributed by atoms with E-state index >= 15 is 0 Å². The van der Waals surface area contributed by atoms with Gasteiger partial charge in [-0.3, -0.25) is 14.1 Å². The Morgan fingerprint density at radius 3 is 2.41 bits per heavy atom. The second-order valence-corrected chi connectivity index (χ2v) is 11.5. The molecule has 2 aromatic carbocycles. The van der Waals surface area contributed by atoms with Crippen molar-refractivity contribution in [2.45, 2.75) is 61.4 Å². The number of hydrogen-bond donors (Lipinski definition) is 3. The van der Waals surface area contributed by atoms with E-state index < -0.39 is 63.6 Å². The van der Waals surface area contributed by atoms with Gasteiger partial charge in [-0.1, -0.05) is 36.8 Å². The van der Waals surface area contributed by atoms with Crippen LogP contribution in [0.4, 0.5) is 19.0 Å². The van der Waals surface area contributed by atoms with Crippen LogP contribution < -0.4 is 10.1 Å². The van der Waals surface area contributed by atoms with Gasteiger partial charge in [-0.25, -0.2) is 9.78 Å². The van der Waals surface area contributed by atoms with Gasteiger partial charge in [0.05, 0.1) is 18.4 Å². The molecule has 1 fully saturated rings. The van der Waals surface area contributed by atoms with Crippen molar-refractivity contribution in [3.8, 4) is 5.75 Å². The molecular weight excluding hydrogens is 609 g/mol. The summed E-state index contributed by atoms with van der Waals surface area (Å²) in [5.74, 6) is -2.55. The molecule has 12 nitrogen and oxygen atoms in total. The number of amides is 2. The average molecular weight is 639 g/mol. The number of likely N-dealkylation sites (tertiary alicyclic amines) is 1. The normalized spacial score (nSPS) is 17.7. The number of para-hydroxylation sites is 1. The quantitative estimate of drug-likeness (QED) is 0.195. The van der Waals surface area contributed by atoms with E-state index in [1.165, 1.54) is 22.9 Å². The molecule has 1 aliphatic rings. The van der Waals surface area contributed by atoms with E-state index in [4.69, 9.17) is 4.74 Å². The number of carbonyl (C=O) groups is 3. The predicted octanol–water partition coefficient (Wildman–Crippen LogP) is 4.18. The lowest BCUT2D eigenvalue weighted by Gasteiger charge is -2.27. The SMILES string of the molecule is O=C(Nc1cn(C(CCCCC(F)(F)F)C(=O)N2CC(Oc3ccccc3)C[C@H]2C(=O)O)cn1)c1ccccc1S(=O)(=O)O. The van der Waals surface area contributed by atoms with Crippen molar-refractivity contribution in [1.82, 2.24) is 14.5 Å². The Morgan fingerprint density at radius 1 is 1.07 bits per heavy atom. The number of nitrogens with one attached hydrogen (secondary N) is 1. The molecular formula is C28H29F3N4O8S. The van der Waals surface area contributed by atoms with Crippen LogP contribution in [0.15, 0.2) is 72.0 Å². The van der Waals surface area contributed by atoms with Crippen molar-refractivity contribution in [2.24, 2.45) is 0 Å². The first-order chi connectivity index (χ1) is 20.7. The zero-order valence-electron chi connectivity index (χ0n) is 23.1. The van der Waals surface area contributed by atoms with Crippen LogP contribution in [0.25, 0.3) is 0 Å². The number of carboxylic acid groups (broad SMARTS) is 1. The van der Waals surface area contributed by atoms with Crippen LogP contribution >= 0.6 is 0 Å². The van der Waals surface area contributed by atoms with Gasteiger partial charge in [0.15, 0.2) is 5.82 Å². The topological polar surface area (TPSA) is 168 Å². The Morgan fingerprint density at radius 2 is 1.75 bits per heavy atom. The lowest BCUT2D eigenvalue weighted by molar-refractivity contribution is -0.149. The third-order valence-electron chi connectivity index (χ3n) is 6.96. The van der Waals surface area contributed by atoms with Gasteiger partial charge in [0.25, 0.3) is 16.0 Å². The lowest BCUT2D eigenvalue weighted by atomic mass is 10.1. The molecule has 0 aliphatic carbocycles. The molecule has 4 rings (SSSR count). The van der Waals surface area contributed by atoms with E-state index in [0.29, 0.717) is 5.75 Å². The van der Waals surface area contributed by atoms with Crippen molar-refractivity contribution in [3.05, 3.63) is 72.7 Å². The maximum absolute atomic E-state index is 13.8. The van der Waals surface area contributed by atoms with Crippen LogP contribution in [0.1, 0.15) is 48.5 Å². The van der Waals surface area contributed by atoms with Crippen LogP contribution in [-0.4, -0.2) is 75.2 Å². The Hall–Kier alpha value is -4.44. The number of rotatable bonds is 12. The number of anilines is 1. The summed E-state index contributed by atoms with van der Waals surface area (Å²) in [5, 5.41) is 12.2. The molecule has 3 aromatic rings. The molecule has 1 saturated heterocycles. The van der Waals surface area contributed by atoms with Crippen molar-refractivity contribution in [2.75, 3.05) is 11.9 Å². The molecule has 2 amide bonds. The summed E-state index contributed by atoms with van der Waals surface area (Å²) in [7, 11) is -4.73. The summed E-state index contributed by atoms with van der Waals surface area (Å²) >= 11 is 0. The highest BCUT2D eigenvalue weighted by Crippen LogP contribution is 2.30. The molecule has 2 unspecified atom stereocenters. The van der Waals surface area contributed by atoms with Crippen molar-refractivity contribution in [1.29, 1.82) is 0 Å². The van der Waals surface area contributed by atoms with Crippen molar-refractivity contribution >= 4 is 33.7 Å². The summed E-state index contributed by atoms with van der Waals surface area (Å²) in [6.07, 6.45) is -4.17. The summed E-state index contributed by atoms with van der Waals surface area (Å²) in [6, 6.07) is 11.0. The molecule has 2 heterocycles. The van der Waals surface area contributed by atoms with Gasteiger partial charge >= 0.3 is 12.1 Å². The first-order valence-electron chi connectivity index (χ1n) is 13.5. The molecule has 1 aliphatic heterocycles. The summed E-state index contributed by atoms with van der Waals surface area (Å²) in [4.78, 5) is 43.2. The molecule has 3 N–H and O–H groups in total. The van der Waals surface area contributed by atoms with Gasteiger partial charge in [-0.2, -0.15) is 21.6 Å². The van der Waals surface area contributed by atoms with Crippen LogP contribution in [0.2, 0.25) is 0 Å². The van der Waals surface area contributed by atoms with E-state index in [2.05, 4.69) is 10.3 Å². The minimum atomic E-state index is -4.73. The number of carboxylic acids is 1. The third-order valence-corrected chi connectivity index (χ3v) is 7.87. The second kappa shape index (κ2) is 13.5. The molecule has 3 atom stereocenters. The number of hydrogen-bond acceptors (Lipinski definition) is 7. The smallest absolute Gasteiger partial charge is 0.389 e. The Kier molecular flexibility index (Phi) is 9.94. The monoisotopic (exact) mass is 638 g/mol. The van der Waals surface area contributed by atoms with Gasteiger partial charge in [0.1, 0.15) is 28.8 Å². The number of aliphatic carboxylic acids is 1. The largest absolute Gasteiger partial charge is 0.488 e. The Labute approximate surface area is 250 Å². The molecule has 0 radical (unpaired) electrons. The summed E-state index contributed by atoms with van der Waals surface area (Å²) in [6.45, 7) is -0.0888. The fraction of sp³-hybridized carbons (Fsp3) is 0.357. The second-order valence-electron chi connectivity index (χ2n) is 10.1. The summed E-state index contributed by atoms with van der Waals surface area (Å²) < 4.78 is 78.3. The fourth-order valence-electron chi connectivity index (χ4n) is 4.94. The molecule has 0 spiro atoms. The molecule has 16 heteroatoms. The number of alkyl halides is 3. The first kappa shape index (κ1) is 32.5. The average Bonchev–Trinajstić information content (AvgIpc) is 3.59. The number of nitrogens with zero attached hydrogens (tertiary/aromatic N) is 3. The number of aromatic nitrogens is 2. The lowest BCUT2D eigenvalue weighted by Crippen LogP contribution is -2.44. The van der Waals surface area contributed by atoms with Gasteiger partial charge in [0.2, 0.25) is 5.91 Å². The van der Waals surface area contributed by atoms with E-state index in [-0.39, 0.29) is 43.6 Å². The van der Waals surface area contributed by atoms with Gasteiger partial charge in [-0.05, 0) is 37.1 Å². The fourth-order valence-corrected chi connectivity index (χ4v) is 5.63. The molecule has 236 valence electrons. The van der Waals surface area contributed by atoms with Gasteiger partial charge < -0.3 is 24.6 Å². The van der Waals surface area contributed by atoms with E-state index in [1.807, 2.05) is 0 Å². The highest BCUT2D eigenvalue weighted by atomic mass is 32.2. The minimum absolute atomic E-state index is 0.0187. The number of unbranched alkanes of at least 4 members (excludes halogenated alkanes) is 1. The number of carbonyl (C=O) groups excluding carboxylic acids is 2. The Bertz CT molecular complexity index is 1600. The highest BCUT2D eigenvalue weighted by molar-refractivity contribution is 7.86. The van der Waals surface area contributed by atoms with Gasteiger partial charge in [0, 0.05) is 19.0 Å². The number of imidazole rings is 1. The Balaban J connectivity index is 1.56. The van der Waals surface area contributed by atoms with Crippen LogP contribution in [0.5, 0.6) is 5.75 Å². The zero-order valence-corrected chi connectivity index (χ0v) is 23.9. The van der Waals surface area contributed by atoms with Gasteiger partial charge in [-0.15, -0.1) is 0 Å². The maximum Gasteiger partial charge on any atom is 0.389 e. The third kappa shape index (κ3) is 8.35. The van der Waals surface area contributed by atoms with E-state index in [1.54, 1.807) is 30.3 Å². The van der Waals surface area contributed by atoms with E-state index in [0.717, 1.165) is 23.4 Å². The molecule has 1 aromatic heterocycles. The molecule has 44 heavy (non-hydrogen) atoms. The van der Waals surface area contributed by atoms with Crippen molar-refractivity contribution < 1.29 is 50.4 Å². The van der Waals surface area contributed by atoms with Crippen LogP contribution in [-0.2, 0) is 19.7 Å². The number of ether oxygens (including phenoxy) is 1. The highest BCUT2D eigenvalue weighted by Gasteiger charge is 2.43. The summed E-state index contributed by atoms with van der Waals surface area (Å²) in [5.41, 5.74) is -0.379.